The summed E-state index contributed by atoms with van der Waals surface area (Å²) in [6, 6.07) is -0.234. The largest absolute Gasteiger partial charge is 0.330 e. The van der Waals surface area contributed by atoms with E-state index in [1.807, 2.05) is 5.38 Å². The van der Waals surface area contributed by atoms with Gasteiger partial charge in [-0.25, -0.2) is 4.98 Å². The summed E-state index contributed by atoms with van der Waals surface area (Å²) in [6.07, 6.45) is 5.74. The molecule has 3 N–H and O–H groups in total. The second-order valence-corrected chi connectivity index (χ2v) is 6.68. The molecule has 6 nitrogen and oxygen atoms in total. The van der Waals surface area contributed by atoms with Crippen LogP contribution in [0.3, 0.4) is 0 Å². The maximum absolute atomic E-state index is 12.6. The molecule has 3 rings (SSSR count). The van der Waals surface area contributed by atoms with Gasteiger partial charge in [-0.05, 0) is 32.1 Å². The fraction of sp³-hybridized carbons (Fsp3) is 0.643. The highest BCUT2D eigenvalue weighted by Crippen LogP contribution is 2.29. The number of nitrogens with two attached hydrogens (primary N) is 1. The fourth-order valence-corrected chi connectivity index (χ4v) is 3.78. The van der Waals surface area contributed by atoms with E-state index < -0.39 is 0 Å². The molecule has 0 bridgehead atoms. The number of likely N-dealkylation sites (tertiary alicyclic amines) is 1. The van der Waals surface area contributed by atoms with Gasteiger partial charge < -0.3 is 16.0 Å². The Bertz CT molecular complexity index is 529. The number of carbonyl (C=O) groups is 2. The molecule has 2 aliphatic rings. The second kappa shape index (κ2) is 8.82. The summed E-state index contributed by atoms with van der Waals surface area (Å²) in [5, 5.41) is 5.20. The summed E-state index contributed by atoms with van der Waals surface area (Å²) in [6.45, 7) is 0.667. The van der Waals surface area contributed by atoms with E-state index in [0.29, 0.717) is 11.7 Å². The zero-order valence-corrected chi connectivity index (χ0v) is 15.1. The van der Waals surface area contributed by atoms with Crippen LogP contribution in [0.15, 0.2) is 11.6 Å². The van der Waals surface area contributed by atoms with Gasteiger partial charge in [-0.3, -0.25) is 9.59 Å². The zero-order chi connectivity index (χ0) is 14.8. The third-order valence-electron chi connectivity index (χ3n) is 4.32. The van der Waals surface area contributed by atoms with Gasteiger partial charge in [0.15, 0.2) is 5.13 Å². The van der Waals surface area contributed by atoms with E-state index >= 15 is 0 Å². The minimum Gasteiger partial charge on any atom is -0.330 e. The van der Waals surface area contributed by atoms with Gasteiger partial charge in [0.05, 0.1) is 0 Å². The zero-order valence-electron chi connectivity index (χ0n) is 12.6. The number of anilines is 1. The average molecular weight is 381 g/mol. The van der Waals surface area contributed by atoms with Crippen molar-refractivity contribution < 1.29 is 9.59 Å². The van der Waals surface area contributed by atoms with E-state index in [1.54, 1.807) is 11.1 Å². The van der Waals surface area contributed by atoms with Gasteiger partial charge in [-0.1, -0.05) is 0 Å². The van der Waals surface area contributed by atoms with Gasteiger partial charge >= 0.3 is 0 Å². The minimum atomic E-state index is -0.363. The molecular formula is C14H22Cl2N4O2S. The third-order valence-corrected chi connectivity index (χ3v) is 5.01. The maximum Gasteiger partial charge on any atom is 0.248 e. The van der Waals surface area contributed by atoms with E-state index in [2.05, 4.69) is 10.3 Å². The lowest BCUT2D eigenvalue weighted by Gasteiger charge is -2.26. The molecule has 2 heterocycles. The third kappa shape index (κ3) is 4.56. The first-order valence-corrected chi connectivity index (χ1v) is 8.29. The van der Waals surface area contributed by atoms with Gasteiger partial charge in [0.2, 0.25) is 11.8 Å². The summed E-state index contributed by atoms with van der Waals surface area (Å²) in [5.74, 6) is -0.0360. The number of rotatable bonds is 3. The number of carbonyl (C=O) groups excluding carboxylic acids is 2. The monoisotopic (exact) mass is 380 g/mol. The standard InChI is InChI=1S/C14H20N4O2S.2ClH/c15-10-4-3-9(8-10)13(20)18-6-1-2-11(18)12(19)17-14-16-5-7-21-14;;/h5,7,9-11H,1-4,6,8,15H2,(H,16,17,19);2*1H. The highest BCUT2D eigenvalue weighted by atomic mass is 35.5. The van der Waals surface area contributed by atoms with E-state index in [1.165, 1.54) is 11.3 Å². The molecule has 23 heavy (non-hydrogen) atoms. The predicted octanol–water partition coefficient (Wildman–Crippen LogP) is 2.04. The molecule has 130 valence electrons. The SMILES string of the molecule is Cl.Cl.NC1CCC(C(=O)N2CCCC2C(=O)Nc2nccs2)C1. The molecule has 3 atom stereocenters. The minimum absolute atomic E-state index is 0. The van der Waals surface area contributed by atoms with Crippen LogP contribution in [0.2, 0.25) is 0 Å². The van der Waals surface area contributed by atoms with E-state index in [4.69, 9.17) is 5.73 Å². The lowest BCUT2D eigenvalue weighted by molar-refractivity contribution is -0.140. The first-order chi connectivity index (χ1) is 10.1. The normalized spacial score (nSPS) is 26.3. The maximum atomic E-state index is 12.6. The second-order valence-electron chi connectivity index (χ2n) is 5.79. The number of aromatic nitrogens is 1. The summed E-state index contributed by atoms with van der Waals surface area (Å²) >= 11 is 1.38. The molecule has 1 aliphatic heterocycles. The number of hydrogen-bond donors (Lipinski definition) is 2. The molecule has 2 fully saturated rings. The molecule has 2 amide bonds. The van der Waals surface area contributed by atoms with E-state index in [9.17, 15) is 9.59 Å². The van der Waals surface area contributed by atoms with Crippen LogP contribution in [-0.2, 0) is 9.59 Å². The van der Waals surface area contributed by atoms with Crippen molar-refractivity contribution in [1.29, 1.82) is 0 Å². The molecule has 0 aromatic carbocycles. The Balaban J connectivity index is 0.00000132. The smallest absolute Gasteiger partial charge is 0.248 e. The van der Waals surface area contributed by atoms with Crippen LogP contribution >= 0.6 is 36.2 Å². The van der Waals surface area contributed by atoms with Crippen molar-refractivity contribution in [3.8, 4) is 0 Å². The molecule has 1 saturated heterocycles. The highest BCUT2D eigenvalue weighted by Gasteiger charge is 2.39. The number of halogens is 2. The highest BCUT2D eigenvalue weighted by molar-refractivity contribution is 7.13. The number of hydrogen-bond acceptors (Lipinski definition) is 5. The molecule has 9 heteroatoms. The molecule has 3 unspecified atom stereocenters. The van der Waals surface area contributed by atoms with Gasteiger partial charge in [-0.15, -0.1) is 36.2 Å². The Labute approximate surface area is 152 Å². The topological polar surface area (TPSA) is 88.3 Å². The Morgan fingerprint density at radius 2 is 2.09 bits per heavy atom. The van der Waals surface area contributed by atoms with Crippen molar-refractivity contribution >= 4 is 53.1 Å². The van der Waals surface area contributed by atoms with Crippen LogP contribution in [0.1, 0.15) is 32.1 Å². The Hall–Kier alpha value is -0.890. The van der Waals surface area contributed by atoms with Crippen molar-refractivity contribution in [2.75, 3.05) is 11.9 Å². The van der Waals surface area contributed by atoms with Crippen molar-refractivity contribution in [2.45, 2.75) is 44.2 Å². The number of thiazole rings is 1. The summed E-state index contributed by atoms with van der Waals surface area (Å²) in [4.78, 5) is 30.7. The van der Waals surface area contributed by atoms with Crippen LogP contribution in [0, 0.1) is 5.92 Å². The van der Waals surface area contributed by atoms with Gasteiger partial charge in [0.25, 0.3) is 0 Å². The summed E-state index contributed by atoms with van der Waals surface area (Å²) in [7, 11) is 0. The van der Waals surface area contributed by atoms with Crippen LogP contribution in [-0.4, -0.2) is 40.3 Å². The molecule has 0 radical (unpaired) electrons. The molecule has 1 saturated carbocycles. The first kappa shape index (κ1) is 20.2. The number of nitrogens with one attached hydrogen (secondary N) is 1. The fourth-order valence-electron chi connectivity index (χ4n) is 3.25. The first-order valence-electron chi connectivity index (χ1n) is 7.41. The summed E-state index contributed by atoms with van der Waals surface area (Å²) < 4.78 is 0. The van der Waals surface area contributed by atoms with Gasteiger partial charge in [0, 0.05) is 30.1 Å². The molecular weight excluding hydrogens is 359 g/mol. The molecule has 1 aliphatic carbocycles. The number of amides is 2. The quantitative estimate of drug-likeness (QED) is 0.839. The van der Waals surface area contributed by atoms with Crippen LogP contribution in [0.25, 0.3) is 0 Å². The Morgan fingerprint density at radius 1 is 1.30 bits per heavy atom. The van der Waals surface area contributed by atoms with Crippen molar-refractivity contribution in [3.05, 3.63) is 11.6 Å². The van der Waals surface area contributed by atoms with Gasteiger partial charge in [0.1, 0.15) is 6.04 Å². The predicted molar refractivity (Wildman–Crippen MR) is 95.3 cm³/mol. The lowest BCUT2D eigenvalue weighted by atomic mass is 10.1. The Kier molecular flexibility index (Phi) is 7.73. The lowest BCUT2D eigenvalue weighted by Crippen LogP contribution is -2.45. The van der Waals surface area contributed by atoms with Crippen molar-refractivity contribution in [2.24, 2.45) is 11.7 Å². The number of nitrogens with zero attached hydrogens (tertiary/aromatic N) is 2. The average Bonchev–Trinajstić information content (AvgIpc) is 3.18. The van der Waals surface area contributed by atoms with E-state index in [0.717, 1.165) is 32.1 Å². The molecule has 0 spiro atoms. The molecule has 1 aromatic heterocycles. The van der Waals surface area contributed by atoms with Crippen LogP contribution in [0.4, 0.5) is 5.13 Å². The van der Waals surface area contributed by atoms with Crippen LogP contribution < -0.4 is 11.1 Å². The van der Waals surface area contributed by atoms with Crippen molar-refractivity contribution in [1.82, 2.24) is 9.88 Å². The van der Waals surface area contributed by atoms with Gasteiger partial charge in [-0.2, -0.15) is 0 Å². The molecule has 1 aromatic rings. The Morgan fingerprint density at radius 3 is 2.70 bits per heavy atom. The van der Waals surface area contributed by atoms with E-state index in [-0.39, 0.29) is 54.6 Å². The summed E-state index contributed by atoms with van der Waals surface area (Å²) in [5.41, 5.74) is 5.89. The van der Waals surface area contributed by atoms with Crippen LogP contribution in [0.5, 0.6) is 0 Å². The van der Waals surface area contributed by atoms with Crippen molar-refractivity contribution in [3.63, 3.8) is 0 Å².